The van der Waals surface area contributed by atoms with Crippen LogP contribution in [0.3, 0.4) is 0 Å². The minimum absolute atomic E-state index is 0.0456. The minimum Gasteiger partial charge on any atom is -0.307 e. The van der Waals surface area contributed by atoms with E-state index in [1.165, 1.54) is 5.56 Å². The highest BCUT2D eigenvalue weighted by molar-refractivity contribution is 6.00. The average molecular weight is 231 g/mol. The van der Waals surface area contributed by atoms with Crippen LogP contribution in [-0.4, -0.2) is 18.4 Å². The summed E-state index contributed by atoms with van der Waals surface area (Å²) in [6.45, 7) is 5.38. The molecule has 1 N–H and O–H groups in total. The number of ketones is 1. The molecule has 1 aliphatic heterocycles. The Morgan fingerprint density at radius 1 is 1.47 bits per heavy atom. The molecular weight excluding hydrogens is 210 g/mol. The van der Waals surface area contributed by atoms with Crippen molar-refractivity contribution in [1.29, 1.82) is 0 Å². The highest BCUT2D eigenvalue weighted by atomic mass is 16.1. The molecule has 1 heterocycles. The second-order valence-electron chi connectivity index (χ2n) is 5.31. The van der Waals surface area contributed by atoms with Crippen LogP contribution < -0.4 is 5.32 Å². The summed E-state index contributed by atoms with van der Waals surface area (Å²) in [5, 5.41) is 3.27. The number of carbonyl (C=O) groups is 1. The monoisotopic (exact) mass is 231 g/mol. The van der Waals surface area contributed by atoms with Gasteiger partial charge < -0.3 is 5.32 Å². The molecule has 0 radical (unpaired) electrons. The third kappa shape index (κ3) is 3.16. The van der Waals surface area contributed by atoms with E-state index in [1.54, 1.807) is 0 Å². The summed E-state index contributed by atoms with van der Waals surface area (Å²) in [5.41, 5.74) is 2.13. The number of nitrogens with one attached hydrogen (secondary N) is 1. The van der Waals surface area contributed by atoms with E-state index in [-0.39, 0.29) is 11.8 Å². The van der Waals surface area contributed by atoms with Crippen LogP contribution in [0.2, 0.25) is 0 Å². The summed E-state index contributed by atoms with van der Waals surface area (Å²) in [7, 11) is 0. The zero-order chi connectivity index (χ0) is 12.3. The van der Waals surface area contributed by atoms with E-state index in [1.807, 2.05) is 12.1 Å². The Morgan fingerprint density at radius 3 is 2.94 bits per heavy atom. The van der Waals surface area contributed by atoms with E-state index in [0.717, 1.165) is 31.4 Å². The SMILES string of the molecule is CC(C)Cc1cccc(C(=O)C2CCCN2)c1. The largest absolute Gasteiger partial charge is 0.307 e. The van der Waals surface area contributed by atoms with E-state index in [0.29, 0.717) is 5.92 Å². The summed E-state index contributed by atoms with van der Waals surface area (Å²) in [6.07, 6.45) is 3.13. The van der Waals surface area contributed by atoms with Crippen molar-refractivity contribution in [3.63, 3.8) is 0 Å². The Labute approximate surface area is 103 Å². The first-order chi connectivity index (χ1) is 8.16. The van der Waals surface area contributed by atoms with Crippen molar-refractivity contribution in [2.24, 2.45) is 5.92 Å². The van der Waals surface area contributed by atoms with Gasteiger partial charge in [-0.05, 0) is 43.4 Å². The van der Waals surface area contributed by atoms with Crippen molar-refractivity contribution < 1.29 is 4.79 Å². The van der Waals surface area contributed by atoms with Crippen LogP contribution in [0.4, 0.5) is 0 Å². The van der Waals surface area contributed by atoms with Crippen LogP contribution in [-0.2, 0) is 6.42 Å². The van der Waals surface area contributed by atoms with Gasteiger partial charge >= 0.3 is 0 Å². The van der Waals surface area contributed by atoms with Gasteiger partial charge in [0.2, 0.25) is 0 Å². The van der Waals surface area contributed by atoms with Gasteiger partial charge in [-0.25, -0.2) is 0 Å². The van der Waals surface area contributed by atoms with Crippen molar-refractivity contribution in [3.8, 4) is 0 Å². The predicted molar refractivity (Wildman–Crippen MR) is 70.3 cm³/mol. The zero-order valence-electron chi connectivity index (χ0n) is 10.7. The van der Waals surface area contributed by atoms with Crippen molar-refractivity contribution >= 4 is 5.78 Å². The molecule has 0 saturated carbocycles. The molecule has 0 bridgehead atoms. The molecule has 1 aromatic rings. The van der Waals surface area contributed by atoms with Gasteiger partial charge in [-0.2, -0.15) is 0 Å². The molecular formula is C15H21NO. The molecule has 2 rings (SSSR count). The molecule has 17 heavy (non-hydrogen) atoms. The van der Waals surface area contributed by atoms with Crippen LogP contribution in [0.1, 0.15) is 42.6 Å². The highest BCUT2D eigenvalue weighted by Gasteiger charge is 2.23. The van der Waals surface area contributed by atoms with Crippen LogP contribution >= 0.6 is 0 Å². The quantitative estimate of drug-likeness (QED) is 0.807. The fourth-order valence-electron chi connectivity index (χ4n) is 2.43. The molecule has 2 nitrogen and oxygen atoms in total. The smallest absolute Gasteiger partial charge is 0.179 e. The third-order valence-electron chi connectivity index (χ3n) is 3.23. The summed E-state index contributed by atoms with van der Waals surface area (Å²) in [4.78, 5) is 12.2. The molecule has 0 spiro atoms. The van der Waals surface area contributed by atoms with Crippen molar-refractivity contribution in [2.45, 2.75) is 39.2 Å². The first-order valence-electron chi connectivity index (χ1n) is 6.53. The maximum atomic E-state index is 12.2. The second kappa shape index (κ2) is 5.46. The normalized spacial score (nSPS) is 19.8. The number of hydrogen-bond acceptors (Lipinski definition) is 2. The molecule has 1 unspecified atom stereocenters. The molecule has 0 aromatic heterocycles. The van der Waals surface area contributed by atoms with E-state index in [9.17, 15) is 4.79 Å². The maximum absolute atomic E-state index is 12.2. The van der Waals surface area contributed by atoms with E-state index in [2.05, 4.69) is 31.3 Å². The third-order valence-corrected chi connectivity index (χ3v) is 3.23. The van der Waals surface area contributed by atoms with Crippen LogP contribution in [0.25, 0.3) is 0 Å². The molecule has 1 aromatic carbocycles. The van der Waals surface area contributed by atoms with E-state index >= 15 is 0 Å². The Hall–Kier alpha value is -1.15. The summed E-state index contributed by atoms with van der Waals surface area (Å²) in [6, 6.07) is 8.15. The Kier molecular flexibility index (Phi) is 3.95. The molecule has 1 atom stereocenters. The van der Waals surface area contributed by atoms with Crippen LogP contribution in [0, 0.1) is 5.92 Å². The van der Waals surface area contributed by atoms with Crippen molar-refractivity contribution in [1.82, 2.24) is 5.32 Å². The van der Waals surface area contributed by atoms with Gasteiger partial charge in [-0.3, -0.25) is 4.79 Å². The molecule has 2 heteroatoms. The van der Waals surface area contributed by atoms with Crippen LogP contribution in [0.5, 0.6) is 0 Å². The molecule has 92 valence electrons. The number of rotatable bonds is 4. The van der Waals surface area contributed by atoms with E-state index < -0.39 is 0 Å². The Bertz CT molecular complexity index is 392. The fraction of sp³-hybridized carbons (Fsp3) is 0.533. The maximum Gasteiger partial charge on any atom is 0.179 e. The second-order valence-corrected chi connectivity index (χ2v) is 5.31. The first kappa shape index (κ1) is 12.3. The van der Waals surface area contributed by atoms with Gasteiger partial charge in [0.25, 0.3) is 0 Å². The lowest BCUT2D eigenvalue weighted by atomic mass is 9.97. The number of carbonyl (C=O) groups excluding carboxylic acids is 1. The first-order valence-corrected chi connectivity index (χ1v) is 6.53. The Balaban J connectivity index is 2.12. The van der Waals surface area contributed by atoms with Gasteiger partial charge in [-0.15, -0.1) is 0 Å². The van der Waals surface area contributed by atoms with Gasteiger partial charge in [0, 0.05) is 5.56 Å². The lowest BCUT2D eigenvalue weighted by molar-refractivity contribution is 0.0952. The van der Waals surface area contributed by atoms with Crippen molar-refractivity contribution in [3.05, 3.63) is 35.4 Å². The Morgan fingerprint density at radius 2 is 2.29 bits per heavy atom. The lowest BCUT2D eigenvalue weighted by Crippen LogP contribution is -2.30. The van der Waals surface area contributed by atoms with Gasteiger partial charge in [0.15, 0.2) is 5.78 Å². The molecule has 1 aliphatic rings. The minimum atomic E-state index is 0.0456. The van der Waals surface area contributed by atoms with Gasteiger partial charge in [-0.1, -0.05) is 32.0 Å². The summed E-state index contributed by atoms with van der Waals surface area (Å²) in [5.74, 6) is 0.887. The van der Waals surface area contributed by atoms with Crippen molar-refractivity contribution in [2.75, 3.05) is 6.54 Å². The highest BCUT2D eigenvalue weighted by Crippen LogP contribution is 2.15. The summed E-state index contributed by atoms with van der Waals surface area (Å²) >= 11 is 0. The topological polar surface area (TPSA) is 29.1 Å². The molecule has 1 fully saturated rings. The molecule has 0 amide bonds. The zero-order valence-corrected chi connectivity index (χ0v) is 10.7. The standard InChI is InChI=1S/C15H21NO/c1-11(2)9-12-5-3-6-13(10-12)15(17)14-7-4-8-16-14/h3,5-6,10-11,14,16H,4,7-9H2,1-2H3. The van der Waals surface area contributed by atoms with Crippen LogP contribution in [0.15, 0.2) is 24.3 Å². The number of benzene rings is 1. The van der Waals surface area contributed by atoms with E-state index in [4.69, 9.17) is 0 Å². The fourth-order valence-corrected chi connectivity index (χ4v) is 2.43. The molecule has 0 aliphatic carbocycles. The van der Waals surface area contributed by atoms with Gasteiger partial charge in [0.05, 0.1) is 6.04 Å². The average Bonchev–Trinajstić information content (AvgIpc) is 2.81. The summed E-state index contributed by atoms with van der Waals surface area (Å²) < 4.78 is 0. The lowest BCUT2D eigenvalue weighted by Gasteiger charge is -2.11. The molecule has 1 saturated heterocycles. The number of hydrogen-bond donors (Lipinski definition) is 1. The van der Waals surface area contributed by atoms with Gasteiger partial charge in [0.1, 0.15) is 0 Å². The predicted octanol–water partition coefficient (Wildman–Crippen LogP) is 2.82. The number of Topliss-reactive ketones (excluding diaryl/α,β-unsaturated/α-hetero) is 1.